The highest BCUT2D eigenvalue weighted by Gasteiger charge is 2.18. The Morgan fingerprint density at radius 1 is 1.40 bits per heavy atom. The second kappa shape index (κ2) is 7.65. The van der Waals surface area contributed by atoms with Gasteiger partial charge in [0, 0.05) is 31.4 Å². The Kier molecular flexibility index (Phi) is 5.33. The first-order chi connectivity index (χ1) is 12.0. The van der Waals surface area contributed by atoms with E-state index in [1.807, 2.05) is 32.2 Å². The van der Waals surface area contributed by atoms with E-state index in [1.165, 1.54) is 0 Å². The Morgan fingerprint density at radius 2 is 2.24 bits per heavy atom. The normalized spacial score (nSPS) is 17.6. The molecule has 0 saturated carbocycles. The first kappa shape index (κ1) is 17.4. The Hall–Kier alpha value is -2.41. The van der Waals surface area contributed by atoms with Crippen LogP contribution in [-0.4, -0.2) is 41.8 Å². The molecule has 134 valence electrons. The third-order valence-electron chi connectivity index (χ3n) is 4.38. The van der Waals surface area contributed by atoms with Crippen molar-refractivity contribution in [3.8, 4) is 0 Å². The summed E-state index contributed by atoms with van der Waals surface area (Å²) in [5.74, 6) is 1.58. The molecule has 3 rings (SSSR count). The maximum atomic E-state index is 12.1. The summed E-state index contributed by atoms with van der Waals surface area (Å²) in [4.78, 5) is 18.8. The van der Waals surface area contributed by atoms with Crippen molar-refractivity contribution >= 4 is 11.7 Å². The molecule has 25 heavy (non-hydrogen) atoms. The molecule has 1 fully saturated rings. The van der Waals surface area contributed by atoms with Gasteiger partial charge in [-0.05, 0) is 32.4 Å². The largest absolute Gasteiger partial charge is 0.375 e. The summed E-state index contributed by atoms with van der Waals surface area (Å²) in [6, 6.07) is 3.99. The highest BCUT2D eigenvalue weighted by atomic mass is 16.5. The third-order valence-corrected chi connectivity index (χ3v) is 4.38. The Bertz CT molecular complexity index is 707. The molecular formula is C18H24N4O3. The topological polar surface area (TPSA) is 80.5 Å². The minimum absolute atomic E-state index is 0.0551. The SMILES string of the molecule is Cc1noc(C)c1CC(=O)NCc1ccc(N2CCO[C@@H](C)C2)nc1. The number of carbonyl (C=O) groups is 1. The van der Waals surface area contributed by atoms with Crippen LogP contribution in [0.5, 0.6) is 0 Å². The van der Waals surface area contributed by atoms with Crippen LogP contribution in [0.3, 0.4) is 0 Å². The molecule has 1 aliphatic rings. The van der Waals surface area contributed by atoms with Gasteiger partial charge < -0.3 is 19.5 Å². The number of hydrogen-bond donors (Lipinski definition) is 1. The van der Waals surface area contributed by atoms with Gasteiger partial charge in [0.05, 0.1) is 24.8 Å². The van der Waals surface area contributed by atoms with Gasteiger partial charge in [-0.1, -0.05) is 11.2 Å². The molecule has 1 saturated heterocycles. The molecule has 1 N–H and O–H groups in total. The average Bonchev–Trinajstić information content (AvgIpc) is 2.92. The van der Waals surface area contributed by atoms with E-state index in [4.69, 9.17) is 9.26 Å². The molecule has 3 heterocycles. The minimum Gasteiger partial charge on any atom is -0.375 e. The number of aromatic nitrogens is 2. The van der Waals surface area contributed by atoms with E-state index in [2.05, 4.69) is 27.3 Å². The van der Waals surface area contributed by atoms with E-state index in [0.717, 1.165) is 42.3 Å². The predicted molar refractivity (Wildman–Crippen MR) is 93.4 cm³/mol. The van der Waals surface area contributed by atoms with Crippen LogP contribution < -0.4 is 10.2 Å². The molecule has 0 spiro atoms. The monoisotopic (exact) mass is 344 g/mol. The zero-order valence-electron chi connectivity index (χ0n) is 14.9. The molecule has 2 aromatic heterocycles. The van der Waals surface area contributed by atoms with Gasteiger partial charge in [-0.3, -0.25) is 4.79 Å². The van der Waals surface area contributed by atoms with Crippen molar-refractivity contribution in [3.63, 3.8) is 0 Å². The molecule has 0 aliphatic carbocycles. The highest BCUT2D eigenvalue weighted by Crippen LogP contribution is 2.16. The maximum Gasteiger partial charge on any atom is 0.224 e. The van der Waals surface area contributed by atoms with E-state index in [0.29, 0.717) is 12.3 Å². The predicted octanol–water partition coefficient (Wildman–Crippen LogP) is 1.77. The molecule has 2 aromatic rings. The zero-order valence-corrected chi connectivity index (χ0v) is 14.9. The average molecular weight is 344 g/mol. The number of aryl methyl sites for hydroxylation is 2. The molecule has 0 unspecified atom stereocenters. The number of nitrogens with one attached hydrogen (secondary N) is 1. The number of hydrogen-bond acceptors (Lipinski definition) is 6. The smallest absolute Gasteiger partial charge is 0.224 e. The molecule has 0 bridgehead atoms. The number of rotatable bonds is 5. The summed E-state index contributed by atoms with van der Waals surface area (Å²) < 4.78 is 10.6. The van der Waals surface area contributed by atoms with Crippen LogP contribution in [0.4, 0.5) is 5.82 Å². The van der Waals surface area contributed by atoms with E-state index >= 15 is 0 Å². The fourth-order valence-corrected chi connectivity index (χ4v) is 2.91. The number of carbonyl (C=O) groups excluding carboxylic acids is 1. The van der Waals surface area contributed by atoms with Crippen LogP contribution in [0.25, 0.3) is 0 Å². The number of pyridine rings is 1. The number of anilines is 1. The Morgan fingerprint density at radius 3 is 2.88 bits per heavy atom. The van der Waals surface area contributed by atoms with Gasteiger partial charge in [-0.25, -0.2) is 4.98 Å². The first-order valence-electron chi connectivity index (χ1n) is 8.53. The highest BCUT2D eigenvalue weighted by molar-refractivity contribution is 5.79. The summed E-state index contributed by atoms with van der Waals surface area (Å²) in [6.07, 6.45) is 2.31. The van der Waals surface area contributed by atoms with E-state index in [-0.39, 0.29) is 18.4 Å². The van der Waals surface area contributed by atoms with Gasteiger partial charge in [0.25, 0.3) is 0 Å². The van der Waals surface area contributed by atoms with E-state index < -0.39 is 0 Å². The van der Waals surface area contributed by atoms with Crippen LogP contribution in [0.15, 0.2) is 22.9 Å². The van der Waals surface area contributed by atoms with Crippen molar-refractivity contribution in [3.05, 3.63) is 40.9 Å². The number of morpholine rings is 1. The summed E-state index contributed by atoms with van der Waals surface area (Å²) in [5, 5.41) is 6.78. The van der Waals surface area contributed by atoms with Crippen molar-refractivity contribution in [2.45, 2.75) is 39.8 Å². The molecular weight excluding hydrogens is 320 g/mol. The molecule has 7 nitrogen and oxygen atoms in total. The second-order valence-corrected chi connectivity index (χ2v) is 6.41. The number of ether oxygens (including phenoxy) is 1. The second-order valence-electron chi connectivity index (χ2n) is 6.41. The third kappa shape index (κ3) is 4.36. The van der Waals surface area contributed by atoms with Crippen molar-refractivity contribution in [2.75, 3.05) is 24.6 Å². The van der Waals surface area contributed by atoms with Gasteiger partial charge >= 0.3 is 0 Å². The Balaban J connectivity index is 1.52. The first-order valence-corrected chi connectivity index (χ1v) is 8.53. The zero-order chi connectivity index (χ0) is 17.8. The number of nitrogens with zero attached hydrogens (tertiary/aromatic N) is 3. The molecule has 1 amide bonds. The fraction of sp³-hybridized carbons (Fsp3) is 0.500. The summed E-state index contributed by atoms with van der Waals surface area (Å²) in [6.45, 7) is 8.60. The Labute approximate surface area is 147 Å². The van der Waals surface area contributed by atoms with Crippen LogP contribution in [0.1, 0.15) is 29.5 Å². The van der Waals surface area contributed by atoms with Crippen molar-refractivity contribution < 1.29 is 14.1 Å². The molecule has 0 aromatic carbocycles. The number of amides is 1. The summed E-state index contributed by atoms with van der Waals surface area (Å²) >= 11 is 0. The minimum atomic E-state index is -0.0551. The van der Waals surface area contributed by atoms with Crippen molar-refractivity contribution in [1.82, 2.24) is 15.5 Å². The van der Waals surface area contributed by atoms with E-state index in [1.54, 1.807) is 0 Å². The lowest BCUT2D eigenvalue weighted by molar-refractivity contribution is -0.120. The molecule has 1 atom stereocenters. The van der Waals surface area contributed by atoms with Gasteiger partial charge in [-0.15, -0.1) is 0 Å². The molecule has 7 heteroatoms. The molecule has 0 radical (unpaired) electrons. The lowest BCUT2D eigenvalue weighted by atomic mass is 10.1. The maximum absolute atomic E-state index is 12.1. The van der Waals surface area contributed by atoms with Crippen molar-refractivity contribution in [2.24, 2.45) is 0 Å². The molecule has 1 aliphatic heterocycles. The van der Waals surface area contributed by atoms with Gasteiger partial charge in [0.15, 0.2) is 0 Å². The van der Waals surface area contributed by atoms with Crippen LogP contribution in [0.2, 0.25) is 0 Å². The quantitative estimate of drug-likeness (QED) is 0.890. The van der Waals surface area contributed by atoms with E-state index in [9.17, 15) is 4.79 Å². The lowest BCUT2D eigenvalue weighted by Crippen LogP contribution is -2.41. The lowest BCUT2D eigenvalue weighted by Gasteiger charge is -2.32. The van der Waals surface area contributed by atoms with Crippen LogP contribution in [0, 0.1) is 13.8 Å². The van der Waals surface area contributed by atoms with Crippen molar-refractivity contribution in [1.29, 1.82) is 0 Å². The van der Waals surface area contributed by atoms with Crippen LogP contribution in [-0.2, 0) is 22.5 Å². The van der Waals surface area contributed by atoms with Gasteiger partial charge in [0.2, 0.25) is 5.91 Å². The summed E-state index contributed by atoms with van der Waals surface area (Å²) in [5.41, 5.74) is 2.59. The summed E-state index contributed by atoms with van der Waals surface area (Å²) in [7, 11) is 0. The van der Waals surface area contributed by atoms with Crippen LogP contribution >= 0.6 is 0 Å². The van der Waals surface area contributed by atoms with Gasteiger partial charge in [-0.2, -0.15) is 0 Å². The fourth-order valence-electron chi connectivity index (χ4n) is 2.91. The van der Waals surface area contributed by atoms with Gasteiger partial charge in [0.1, 0.15) is 11.6 Å². The standard InChI is InChI=1S/C18H24N4O3/c1-12-11-22(6-7-24-12)17-5-4-15(9-19-17)10-20-18(23)8-16-13(2)21-25-14(16)3/h4-5,9,12H,6-8,10-11H2,1-3H3,(H,20,23)/t12-/m0/s1.